The third kappa shape index (κ3) is 6.76. The fourth-order valence-electron chi connectivity index (χ4n) is 3.45. The summed E-state index contributed by atoms with van der Waals surface area (Å²) in [6.07, 6.45) is 3.55. The molecule has 7 nitrogen and oxygen atoms in total. The van der Waals surface area contributed by atoms with Crippen LogP contribution in [0.3, 0.4) is 0 Å². The second kappa shape index (κ2) is 11.8. The van der Waals surface area contributed by atoms with E-state index in [1.165, 1.54) is 5.56 Å². The number of amides is 2. The molecule has 184 valence electrons. The molecule has 0 aliphatic carbocycles. The molecule has 0 N–H and O–H groups in total. The Hall–Kier alpha value is -3.52. The zero-order valence-corrected chi connectivity index (χ0v) is 21.1. The average Bonchev–Trinajstić information content (AvgIpc) is 3.06. The number of esters is 1. The van der Waals surface area contributed by atoms with Crippen LogP contribution in [0, 0.1) is 6.92 Å². The second-order valence-electron chi connectivity index (χ2n) is 8.28. The molecule has 1 heterocycles. The monoisotopic (exact) mass is 495 g/mol. The fourth-order valence-corrected chi connectivity index (χ4v) is 4.28. The molecule has 0 atom stereocenters. The van der Waals surface area contributed by atoms with Gasteiger partial charge in [0.25, 0.3) is 11.1 Å². The van der Waals surface area contributed by atoms with Crippen LogP contribution >= 0.6 is 11.8 Å². The van der Waals surface area contributed by atoms with Crippen molar-refractivity contribution in [2.24, 2.45) is 0 Å². The number of methoxy groups -OCH3 is 1. The van der Waals surface area contributed by atoms with Crippen LogP contribution in [0.15, 0.2) is 54.0 Å². The molecule has 35 heavy (non-hydrogen) atoms. The van der Waals surface area contributed by atoms with Gasteiger partial charge in [0.1, 0.15) is 13.2 Å². The van der Waals surface area contributed by atoms with Crippen molar-refractivity contribution in [2.45, 2.75) is 39.9 Å². The summed E-state index contributed by atoms with van der Waals surface area (Å²) < 4.78 is 16.8. The van der Waals surface area contributed by atoms with Gasteiger partial charge in [0.2, 0.25) is 0 Å². The summed E-state index contributed by atoms with van der Waals surface area (Å²) in [6.45, 7) is 9.21. The van der Waals surface area contributed by atoms with Crippen LogP contribution in [0.1, 0.15) is 36.1 Å². The second-order valence-corrected chi connectivity index (χ2v) is 9.28. The van der Waals surface area contributed by atoms with E-state index in [4.69, 9.17) is 14.2 Å². The zero-order valence-electron chi connectivity index (χ0n) is 20.3. The molecule has 3 rings (SSSR count). The Morgan fingerprint density at radius 2 is 1.89 bits per heavy atom. The maximum atomic E-state index is 12.8. The molecule has 0 radical (unpaired) electrons. The number of ether oxygens (including phenoxy) is 3. The van der Waals surface area contributed by atoms with Crippen molar-refractivity contribution in [1.29, 1.82) is 0 Å². The number of rotatable bonds is 10. The first kappa shape index (κ1) is 26.1. The number of carbonyl (C=O) groups excluding carboxylic acids is 3. The minimum Gasteiger partial charge on any atom is -0.493 e. The summed E-state index contributed by atoms with van der Waals surface area (Å²) in [5, 5.41) is -0.515. The van der Waals surface area contributed by atoms with Crippen LogP contribution in [0.2, 0.25) is 0 Å². The third-order valence-corrected chi connectivity index (χ3v) is 5.98. The Morgan fingerprint density at radius 1 is 1.17 bits per heavy atom. The number of allylic oxidation sites excluding steroid dienone is 1. The van der Waals surface area contributed by atoms with Crippen LogP contribution in [-0.4, -0.2) is 41.8 Å². The largest absolute Gasteiger partial charge is 0.493 e. The maximum Gasteiger partial charge on any atom is 0.326 e. The quantitative estimate of drug-likeness (QED) is 0.251. The van der Waals surface area contributed by atoms with E-state index in [2.05, 4.69) is 6.58 Å². The number of thioether (sulfide) groups is 1. The van der Waals surface area contributed by atoms with Gasteiger partial charge in [-0.2, -0.15) is 0 Å². The van der Waals surface area contributed by atoms with E-state index in [0.29, 0.717) is 30.1 Å². The summed E-state index contributed by atoms with van der Waals surface area (Å²) in [7, 11) is 1.55. The van der Waals surface area contributed by atoms with Gasteiger partial charge in [0, 0.05) is 5.56 Å². The highest BCUT2D eigenvalue weighted by Crippen LogP contribution is 2.37. The molecular formula is C27H29NO6S. The lowest BCUT2D eigenvalue weighted by atomic mass is 10.0. The Balaban J connectivity index is 1.85. The number of hydrogen-bond donors (Lipinski definition) is 0. The van der Waals surface area contributed by atoms with E-state index >= 15 is 0 Å². The van der Waals surface area contributed by atoms with Crippen LogP contribution in [-0.2, 0) is 27.4 Å². The van der Waals surface area contributed by atoms with Crippen molar-refractivity contribution in [2.75, 3.05) is 13.7 Å². The Morgan fingerprint density at radius 3 is 2.51 bits per heavy atom. The number of hydrogen-bond acceptors (Lipinski definition) is 7. The molecule has 1 saturated heterocycles. The predicted molar refractivity (Wildman–Crippen MR) is 136 cm³/mol. The van der Waals surface area contributed by atoms with Crippen molar-refractivity contribution in [3.63, 3.8) is 0 Å². The molecule has 0 aromatic heterocycles. The lowest BCUT2D eigenvalue weighted by Gasteiger charge is -2.16. The van der Waals surface area contributed by atoms with Gasteiger partial charge in [-0.05, 0) is 68.3 Å². The van der Waals surface area contributed by atoms with E-state index in [9.17, 15) is 14.4 Å². The van der Waals surface area contributed by atoms with E-state index in [0.717, 1.165) is 27.8 Å². The minimum atomic E-state index is -0.631. The van der Waals surface area contributed by atoms with Gasteiger partial charge in [-0.25, -0.2) is 0 Å². The first-order valence-corrected chi connectivity index (χ1v) is 12.0. The topological polar surface area (TPSA) is 82.1 Å². The van der Waals surface area contributed by atoms with Gasteiger partial charge in [0.05, 0.1) is 18.1 Å². The SMILES string of the molecule is C=CCc1cc(/C=C2/SC(=O)N(CC(=O)OC(C)C)C2=O)cc(OC)c1OCc1ccc(C)cc1. The smallest absolute Gasteiger partial charge is 0.326 e. The van der Waals surface area contributed by atoms with Crippen molar-refractivity contribution in [3.8, 4) is 11.5 Å². The van der Waals surface area contributed by atoms with Gasteiger partial charge >= 0.3 is 5.97 Å². The average molecular weight is 496 g/mol. The van der Waals surface area contributed by atoms with Crippen molar-refractivity contribution < 1.29 is 28.6 Å². The molecule has 0 bridgehead atoms. The lowest BCUT2D eigenvalue weighted by Crippen LogP contribution is -2.35. The zero-order chi connectivity index (χ0) is 25.5. The van der Waals surface area contributed by atoms with Crippen LogP contribution in [0.5, 0.6) is 11.5 Å². The van der Waals surface area contributed by atoms with E-state index in [-0.39, 0.29) is 11.0 Å². The molecule has 2 amide bonds. The molecular weight excluding hydrogens is 466 g/mol. The van der Waals surface area contributed by atoms with E-state index < -0.39 is 23.7 Å². The maximum absolute atomic E-state index is 12.8. The normalized spacial score (nSPS) is 14.5. The number of imide groups is 1. The molecule has 0 spiro atoms. The molecule has 0 unspecified atom stereocenters. The molecule has 1 fully saturated rings. The highest BCUT2D eigenvalue weighted by atomic mass is 32.2. The van der Waals surface area contributed by atoms with Crippen molar-refractivity contribution in [1.82, 2.24) is 4.90 Å². The Bertz CT molecular complexity index is 1150. The molecule has 1 aliphatic heterocycles. The fraction of sp³-hybridized carbons (Fsp3) is 0.296. The number of aryl methyl sites for hydroxylation is 1. The summed E-state index contributed by atoms with van der Waals surface area (Å²) >= 11 is 0.782. The number of benzene rings is 2. The van der Waals surface area contributed by atoms with E-state index in [1.54, 1.807) is 39.2 Å². The molecule has 2 aromatic rings. The summed E-state index contributed by atoms with van der Waals surface area (Å²) in [5.41, 5.74) is 3.69. The van der Waals surface area contributed by atoms with Crippen LogP contribution < -0.4 is 9.47 Å². The lowest BCUT2D eigenvalue weighted by molar-refractivity contribution is -0.149. The summed E-state index contributed by atoms with van der Waals surface area (Å²) in [6, 6.07) is 11.7. The standard InChI is InChI=1S/C27H29NO6S/c1-6-7-21-12-20(13-22(32-5)25(21)33-16-19-10-8-18(4)9-11-19)14-23-26(30)28(27(31)35-23)15-24(29)34-17(2)3/h6,8-14,17H,1,7,15-16H2,2-5H3/b23-14+. The Kier molecular flexibility index (Phi) is 8.76. The summed E-state index contributed by atoms with van der Waals surface area (Å²) in [4.78, 5) is 38.2. The number of carbonyl (C=O) groups is 3. The first-order chi connectivity index (χ1) is 16.7. The molecule has 1 aliphatic rings. The molecule has 8 heteroatoms. The molecule has 2 aromatic carbocycles. The van der Waals surface area contributed by atoms with E-state index in [1.807, 2.05) is 37.3 Å². The minimum absolute atomic E-state index is 0.215. The first-order valence-electron chi connectivity index (χ1n) is 11.2. The van der Waals surface area contributed by atoms with Crippen LogP contribution in [0.4, 0.5) is 4.79 Å². The highest BCUT2D eigenvalue weighted by Gasteiger charge is 2.36. The van der Waals surface area contributed by atoms with Gasteiger partial charge < -0.3 is 14.2 Å². The van der Waals surface area contributed by atoms with Gasteiger partial charge in [-0.1, -0.05) is 35.9 Å². The van der Waals surface area contributed by atoms with Gasteiger partial charge in [-0.15, -0.1) is 6.58 Å². The molecule has 0 saturated carbocycles. The van der Waals surface area contributed by atoms with Crippen LogP contribution in [0.25, 0.3) is 6.08 Å². The predicted octanol–water partition coefficient (Wildman–Crippen LogP) is 5.30. The van der Waals surface area contributed by atoms with Crippen molar-refractivity contribution in [3.05, 3.63) is 76.2 Å². The van der Waals surface area contributed by atoms with Crippen molar-refractivity contribution >= 4 is 35.0 Å². The number of nitrogens with zero attached hydrogens (tertiary/aromatic N) is 1. The summed E-state index contributed by atoms with van der Waals surface area (Å²) in [5.74, 6) is -0.0738. The van der Waals surface area contributed by atoms with Gasteiger partial charge in [-0.3, -0.25) is 19.3 Å². The van der Waals surface area contributed by atoms with Gasteiger partial charge in [0.15, 0.2) is 11.5 Å². The Labute approximate surface area is 209 Å². The third-order valence-electron chi connectivity index (χ3n) is 5.07. The highest BCUT2D eigenvalue weighted by molar-refractivity contribution is 8.18.